The van der Waals surface area contributed by atoms with Gasteiger partial charge in [0.25, 0.3) is 0 Å². The van der Waals surface area contributed by atoms with Gasteiger partial charge in [-0.3, -0.25) is 0 Å². The lowest BCUT2D eigenvalue weighted by atomic mass is 9.90. The number of hydrogen-bond donors (Lipinski definition) is 1. The second kappa shape index (κ2) is 4.85. The molecule has 4 nitrogen and oxygen atoms in total. The molecule has 0 amide bonds. The zero-order valence-electron chi connectivity index (χ0n) is 9.75. The van der Waals surface area contributed by atoms with Crippen LogP contribution in [0.25, 0.3) is 0 Å². The van der Waals surface area contributed by atoms with Gasteiger partial charge in [0.2, 0.25) is 5.54 Å². The maximum atomic E-state index is 13.0. The van der Waals surface area contributed by atoms with Crippen LogP contribution >= 0.6 is 0 Å². The maximum absolute atomic E-state index is 13.0. The first-order valence-corrected chi connectivity index (χ1v) is 4.86. The second-order valence-corrected chi connectivity index (χ2v) is 3.53. The summed E-state index contributed by atoms with van der Waals surface area (Å²) in [6.07, 6.45) is -4.98. The van der Waals surface area contributed by atoms with Crippen molar-refractivity contribution in [2.45, 2.75) is 11.7 Å². The lowest BCUT2D eigenvalue weighted by Crippen LogP contribution is -2.57. The van der Waals surface area contributed by atoms with Gasteiger partial charge in [-0.15, -0.1) is 0 Å². The first-order valence-electron chi connectivity index (χ1n) is 4.86. The number of alkyl halides is 3. The van der Waals surface area contributed by atoms with Crippen molar-refractivity contribution in [3.8, 4) is 5.75 Å². The van der Waals surface area contributed by atoms with Gasteiger partial charge < -0.3 is 15.2 Å². The molecule has 0 aromatic heterocycles. The molecule has 0 aliphatic carbocycles. The molecule has 0 radical (unpaired) electrons. The van der Waals surface area contributed by atoms with Gasteiger partial charge in [-0.25, -0.2) is 4.79 Å². The summed E-state index contributed by atoms with van der Waals surface area (Å²) in [6, 6.07) is 4.89. The van der Waals surface area contributed by atoms with Crippen LogP contribution in [0.2, 0.25) is 0 Å². The molecule has 0 bridgehead atoms. The molecule has 0 aliphatic heterocycles. The summed E-state index contributed by atoms with van der Waals surface area (Å²) in [7, 11) is 2.14. The minimum atomic E-state index is -4.98. The third-order valence-corrected chi connectivity index (χ3v) is 2.48. The SMILES string of the molecule is COC(=O)C(N)(c1cccc(OC)c1)C(F)(F)F. The highest BCUT2D eigenvalue weighted by Crippen LogP contribution is 2.38. The summed E-state index contributed by atoms with van der Waals surface area (Å²) in [4.78, 5) is 11.4. The number of carbonyl (C=O) groups is 1. The lowest BCUT2D eigenvalue weighted by molar-refractivity contribution is -0.206. The lowest BCUT2D eigenvalue weighted by Gasteiger charge is -2.29. The van der Waals surface area contributed by atoms with Crippen molar-refractivity contribution < 1.29 is 27.4 Å². The molecular weight excluding hydrogens is 251 g/mol. The molecule has 1 aromatic rings. The summed E-state index contributed by atoms with van der Waals surface area (Å²) in [5, 5.41) is 0. The number of methoxy groups -OCH3 is 2. The van der Waals surface area contributed by atoms with Crippen molar-refractivity contribution in [3.05, 3.63) is 29.8 Å². The van der Waals surface area contributed by atoms with Crippen LogP contribution in [0.5, 0.6) is 5.75 Å². The predicted octanol–water partition coefficient (Wildman–Crippen LogP) is 1.58. The van der Waals surface area contributed by atoms with E-state index >= 15 is 0 Å². The molecule has 1 aromatic carbocycles. The predicted molar refractivity (Wildman–Crippen MR) is 56.9 cm³/mol. The van der Waals surface area contributed by atoms with Gasteiger partial charge in [-0.1, -0.05) is 12.1 Å². The Bertz CT molecular complexity index is 447. The average molecular weight is 263 g/mol. The van der Waals surface area contributed by atoms with E-state index in [-0.39, 0.29) is 5.75 Å². The van der Waals surface area contributed by atoms with Crippen molar-refractivity contribution in [1.82, 2.24) is 0 Å². The highest BCUT2D eigenvalue weighted by molar-refractivity contribution is 5.83. The molecule has 0 saturated heterocycles. The molecule has 100 valence electrons. The summed E-state index contributed by atoms with van der Waals surface area (Å²) < 4.78 is 47.9. The maximum Gasteiger partial charge on any atom is 0.421 e. The van der Waals surface area contributed by atoms with Crippen LogP contribution in [0.3, 0.4) is 0 Å². The number of esters is 1. The Kier molecular flexibility index (Phi) is 3.85. The Labute approximate surface area is 101 Å². The summed E-state index contributed by atoms with van der Waals surface area (Å²) in [5.74, 6) is -1.42. The van der Waals surface area contributed by atoms with E-state index in [0.717, 1.165) is 19.2 Å². The molecule has 0 fully saturated rings. The van der Waals surface area contributed by atoms with E-state index in [1.165, 1.54) is 19.2 Å². The smallest absolute Gasteiger partial charge is 0.421 e. The van der Waals surface area contributed by atoms with Crippen molar-refractivity contribution >= 4 is 5.97 Å². The van der Waals surface area contributed by atoms with Gasteiger partial charge in [0, 0.05) is 0 Å². The standard InChI is InChI=1S/C11H12F3NO3/c1-17-8-5-3-4-7(6-8)10(15,9(16)18-2)11(12,13)14/h3-6H,15H2,1-2H3. The largest absolute Gasteiger partial charge is 0.497 e. The minimum Gasteiger partial charge on any atom is -0.497 e. The van der Waals surface area contributed by atoms with Crippen LogP contribution in [-0.2, 0) is 15.1 Å². The van der Waals surface area contributed by atoms with E-state index in [0.29, 0.717) is 0 Å². The third-order valence-electron chi connectivity index (χ3n) is 2.48. The number of carbonyl (C=O) groups excluding carboxylic acids is 1. The quantitative estimate of drug-likeness (QED) is 0.841. The Balaban J connectivity index is 3.39. The minimum absolute atomic E-state index is 0.162. The van der Waals surface area contributed by atoms with Crippen LogP contribution in [-0.4, -0.2) is 26.4 Å². The molecule has 0 saturated carbocycles. The van der Waals surface area contributed by atoms with E-state index in [2.05, 4.69) is 4.74 Å². The highest BCUT2D eigenvalue weighted by atomic mass is 19.4. The van der Waals surface area contributed by atoms with Crippen LogP contribution in [0.15, 0.2) is 24.3 Å². The van der Waals surface area contributed by atoms with Crippen LogP contribution in [0, 0.1) is 0 Å². The molecule has 0 spiro atoms. The molecule has 1 unspecified atom stereocenters. The molecule has 0 heterocycles. The van der Waals surface area contributed by atoms with Crippen LogP contribution in [0.1, 0.15) is 5.56 Å². The van der Waals surface area contributed by atoms with Gasteiger partial charge >= 0.3 is 12.1 Å². The molecule has 1 rings (SSSR count). The number of rotatable bonds is 3. The summed E-state index contributed by atoms with van der Waals surface area (Å²) in [5.41, 5.74) is 1.56. The van der Waals surface area contributed by atoms with E-state index in [9.17, 15) is 18.0 Å². The zero-order valence-corrected chi connectivity index (χ0v) is 9.75. The van der Waals surface area contributed by atoms with E-state index in [4.69, 9.17) is 10.5 Å². The van der Waals surface area contributed by atoms with Gasteiger partial charge in [0.05, 0.1) is 14.2 Å². The van der Waals surface area contributed by atoms with Gasteiger partial charge in [-0.2, -0.15) is 13.2 Å². The second-order valence-electron chi connectivity index (χ2n) is 3.53. The third kappa shape index (κ3) is 2.26. The fraction of sp³-hybridized carbons (Fsp3) is 0.364. The Morgan fingerprint density at radius 2 is 1.89 bits per heavy atom. The summed E-state index contributed by atoms with van der Waals surface area (Å²) >= 11 is 0. The number of halogens is 3. The number of hydrogen-bond acceptors (Lipinski definition) is 4. The number of benzene rings is 1. The molecule has 7 heteroatoms. The van der Waals surface area contributed by atoms with E-state index in [1.807, 2.05) is 0 Å². The van der Waals surface area contributed by atoms with Crippen LogP contribution in [0.4, 0.5) is 13.2 Å². The van der Waals surface area contributed by atoms with Crippen molar-refractivity contribution in [1.29, 1.82) is 0 Å². The normalized spacial score (nSPS) is 14.8. The number of nitrogens with two attached hydrogens (primary N) is 1. The number of ether oxygens (including phenoxy) is 2. The fourth-order valence-corrected chi connectivity index (χ4v) is 1.43. The first kappa shape index (κ1) is 14.3. The van der Waals surface area contributed by atoms with Gasteiger partial charge in [0.1, 0.15) is 5.75 Å². The van der Waals surface area contributed by atoms with E-state index in [1.54, 1.807) is 0 Å². The van der Waals surface area contributed by atoms with Gasteiger partial charge in [0.15, 0.2) is 0 Å². The van der Waals surface area contributed by atoms with Gasteiger partial charge in [-0.05, 0) is 17.7 Å². The molecule has 18 heavy (non-hydrogen) atoms. The van der Waals surface area contributed by atoms with Crippen LogP contribution < -0.4 is 10.5 Å². The Hall–Kier alpha value is -1.76. The zero-order chi connectivity index (χ0) is 14.0. The average Bonchev–Trinajstić information content (AvgIpc) is 2.35. The fourth-order valence-electron chi connectivity index (χ4n) is 1.43. The Morgan fingerprint density at radius 1 is 1.28 bits per heavy atom. The van der Waals surface area contributed by atoms with Crippen molar-refractivity contribution in [2.75, 3.05) is 14.2 Å². The molecule has 1 atom stereocenters. The first-order chi connectivity index (χ1) is 8.27. The highest BCUT2D eigenvalue weighted by Gasteiger charge is 2.60. The topological polar surface area (TPSA) is 61.5 Å². The summed E-state index contributed by atoms with van der Waals surface area (Å²) in [6.45, 7) is 0. The van der Waals surface area contributed by atoms with Crippen molar-refractivity contribution in [3.63, 3.8) is 0 Å². The molecule has 0 aliphatic rings. The molecule has 2 N–H and O–H groups in total. The Morgan fingerprint density at radius 3 is 2.33 bits per heavy atom. The molecular formula is C11H12F3NO3. The monoisotopic (exact) mass is 263 g/mol. The van der Waals surface area contributed by atoms with Crippen molar-refractivity contribution in [2.24, 2.45) is 5.73 Å². The van der Waals surface area contributed by atoms with E-state index < -0.39 is 23.2 Å².